The predicted molar refractivity (Wildman–Crippen MR) is 225 cm³/mol. The second-order valence-electron chi connectivity index (χ2n) is 14.8. The first-order chi connectivity index (χ1) is 27.6. The molecule has 9 rings (SSSR count). The largest absolute Gasteiger partial charge is 0.378 e. The van der Waals surface area contributed by atoms with Crippen LogP contribution in [0.3, 0.4) is 0 Å². The molecular weight excluding hydrogens is 701 g/mol. The molecule has 0 aromatic heterocycles. The molecule has 0 unspecified atom stereocenters. The summed E-state index contributed by atoms with van der Waals surface area (Å²) in [6.07, 6.45) is 0. The van der Waals surface area contributed by atoms with Crippen molar-refractivity contribution in [1.29, 1.82) is 0 Å². The molecule has 8 nitrogen and oxygen atoms in total. The van der Waals surface area contributed by atoms with Gasteiger partial charge in [0.2, 0.25) is 0 Å². The average molecular weight is 747 g/mol. The first kappa shape index (κ1) is 36.6. The molecule has 1 aliphatic heterocycles. The second kappa shape index (κ2) is 16.6. The molecule has 8 aromatic carbocycles. The molecule has 0 bridgehead atoms. The van der Waals surface area contributed by atoms with Gasteiger partial charge in [0.05, 0.1) is 65.9 Å². The standard InChI is InChI=1S/C48H46N2O6/c51-43(39-15-11-37-9-7-33-3-1-5-35-13-17-41(39)47(37)45(33)35)31-49-19-23-53-27-29-55-25-21-50(22-26-56-30-28-54-24-20-49)32-44(52)40-16-12-38-10-8-34-4-2-6-36-14-18-42(40)48(38)46(34)36/h1-18H,19-32H2. The van der Waals surface area contributed by atoms with E-state index in [2.05, 4.69) is 107 Å². The number of ketones is 2. The van der Waals surface area contributed by atoms with E-state index in [1.54, 1.807) is 0 Å². The number of carbonyl (C=O) groups excluding carboxylic acids is 2. The highest BCUT2D eigenvalue weighted by Gasteiger charge is 2.20. The fraction of sp³-hybridized carbons (Fsp3) is 0.292. The molecule has 0 aliphatic carbocycles. The van der Waals surface area contributed by atoms with Crippen LogP contribution in [0.2, 0.25) is 0 Å². The van der Waals surface area contributed by atoms with Gasteiger partial charge in [0.1, 0.15) is 0 Å². The van der Waals surface area contributed by atoms with Crippen molar-refractivity contribution in [3.8, 4) is 0 Å². The van der Waals surface area contributed by atoms with E-state index in [4.69, 9.17) is 18.9 Å². The van der Waals surface area contributed by atoms with E-state index in [-0.39, 0.29) is 24.7 Å². The maximum atomic E-state index is 13.9. The summed E-state index contributed by atoms with van der Waals surface area (Å²) >= 11 is 0. The first-order valence-electron chi connectivity index (χ1n) is 19.8. The normalized spacial score (nSPS) is 17.0. The second-order valence-corrected chi connectivity index (χ2v) is 14.8. The van der Waals surface area contributed by atoms with Gasteiger partial charge >= 0.3 is 0 Å². The molecule has 1 saturated heterocycles. The van der Waals surface area contributed by atoms with Crippen LogP contribution in [0.4, 0.5) is 0 Å². The molecule has 0 saturated carbocycles. The number of benzene rings is 8. The van der Waals surface area contributed by atoms with Crippen molar-refractivity contribution in [2.75, 3.05) is 92.1 Å². The lowest BCUT2D eigenvalue weighted by Crippen LogP contribution is -2.37. The van der Waals surface area contributed by atoms with Gasteiger partial charge in [0.15, 0.2) is 11.6 Å². The van der Waals surface area contributed by atoms with Crippen LogP contribution in [0.1, 0.15) is 20.7 Å². The zero-order valence-electron chi connectivity index (χ0n) is 31.6. The topological polar surface area (TPSA) is 77.5 Å². The van der Waals surface area contributed by atoms with E-state index in [1.165, 1.54) is 32.3 Å². The highest BCUT2D eigenvalue weighted by atomic mass is 16.5. The summed E-state index contributed by atoms with van der Waals surface area (Å²) in [6.45, 7) is 6.57. The third-order valence-electron chi connectivity index (χ3n) is 11.3. The molecular formula is C48H46N2O6. The van der Waals surface area contributed by atoms with Gasteiger partial charge < -0.3 is 18.9 Å². The van der Waals surface area contributed by atoms with Gasteiger partial charge in [0.25, 0.3) is 0 Å². The third-order valence-corrected chi connectivity index (χ3v) is 11.3. The fourth-order valence-corrected chi connectivity index (χ4v) is 8.49. The fourth-order valence-electron chi connectivity index (χ4n) is 8.49. The Morgan fingerprint density at radius 2 is 0.679 bits per heavy atom. The van der Waals surface area contributed by atoms with E-state index in [0.29, 0.717) is 79.0 Å². The summed E-state index contributed by atoms with van der Waals surface area (Å²) in [5.41, 5.74) is 1.48. The number of hydrogen-bond donors (Lipinski definition) is 0. The Balaban J connectivity index is 0.814. The summed E-state index contributed by atoms with van der Waals surface area (Å²) in [6, 6.07) is 37.8. The van der Waals surface area contributed by atoms with Crippen molar-refractivity contribution in [2.45, 2.75) is 0 Å². The highest BCUT2D eigenvalue weighted by molar-refractivity contribution is 6.28. The molecule has 1 fully saturated rings. The maximum Gasteiger partial charge on any atom is 0.177 e. The molecule has 1 aliphatic rings. The van der Waals surface area contributed by atoms with Crippen molar-refractivity contribution in [3.63, 3.8) is 0 Å². The minimum Gasteiger partial charge on any atom is -0.378 e. The Morgan fingerprint density at radius 1 is 0.375 bits per heavy atom. The quantitative estimate of drug-likeness (QED) is 0.125. The van der Waals surface area contributed by atoms with E-state index >= 15 is 0 Å². The molecule has 8 aromatic rings. The number of Topliss-reactive ketones (excluding diaryl/α,β-unsaturated/α-hetero) is 2. The molecule has 0 radical (unpaired) electrons. The molecule has 8 heteroatoms. The zero-order chi connectivity index (χ0) is 37.8. The molecule has 56 heavy (non-hydrogen) atoms. The van der Waals surface area contributed by atoms with Crippen molar-refractivity contribution in [3.05, 3.63) is 120 Å². The lowest BCUT2D eigenvalue weighted by atomic mass is 9.91. The van der Waals surface area contributed by atoms with Crippen LogP contribution in [0.25, 0.3) is 64.6 Å². The highest BCUT2D eigenvalue weighted by Crippen LogP contribution is 2.37. The Kier molecular flexibility index (Phi) is 10.8. The van der Waals surface area contributed by atoms with Crippen LogP contribution in [-0.2, 0) is 18.9 Å². The number of hydrogen-bond acceptors (Lipinski definition) is 8. The van der Waals surface area contributed by atoms with Crippen LogP contribution in [0, 0.1) is 0 Å². The van der Waals surface area contributed by atoms with Crippen LogP contribution in [0.15, 0.2) is 109 Å². The van der Waals surface area contributed by atoms with Gasteiger partial charge in [-0.15, -0.1) is 0 Å². The minimum absolute atomic E-state index is 0.0823. The number of rotatable bonds is 6. The van der Waals surface area contributed by atoms with Crippen LogP contribution >= 0.6 is 0 Å². The van der Waals surface area contributed by atoms with E-state index < -0.39 is 0 Å². The van der Waals surface area contributed by atoms with Crippen molar-refractivity contribution < 1.29 is 28.5 Å². The summed E-state index contributed by atoms with van der Waals surface area (Å²) in [4.78, 5) is 32.0. The number of ether oxygens (including phenoxy) is 4. The van der Waals surface area contributed by atoms with Gasteiger partial charge in [-0.1, -0.05) is 109 Å². The van der Waals surface area contributed by atoms with Crippen LogP contribution in [0.5, 0.6) is 0 Å². The van der Waals surface area contributed by atoms with Gasteiger partial charge in [-0.25, -0.2) is 0 Å². The zero-order valence-corrected chi connectivity index (χ0v) is 31.6. The first-order valence-corrected chi connectivity index (χ1v) is 19.8. The van der Waals surface area contributed by atoms with Crippen LogP contribution in [-0.4, -0.2) is 113 Å². The van der Waals surface area contributed by atoms with Gasteiger partial charge in [0, 0.05) is 37.3 Å². The molecule has 0 amide bonds. The minimum atomic E-state index is 0.0823. The van der Waals surface area contributed by atoms with Crippen molar-refractivity contribution >= 4 is 76.2 Å². The number of carbonyl (C=O) groups is 2. The maximum absolute atomic E-state index is 13.9. The Hall–Kier alpha value is -5.06. The molecule has 0 N–H and O–H groups in total. The van der Waals surface area contributed by atoms with E-state index in [9.17, 15) is 9.59 Å². The molecule has 284 valence electrons. The third kappa shape index (κ3) is 7.44. The lowest BCUT2D eigenvalue weighted by molar-refractivity contribution is 0.00885. The monoisotopic (exact) mass is 746 g/mol. The Bertz CT molecular complexity index is 2400. The SMILES string of the molecule is O=C(CN1CCOCCOCCN(CC(=O)c2ccc3ccc4cccc5ccc2c3c45)CCOCCOCC1)c1ccc2ccc3cccc4ccc1c2c34. The summed E-state index contributed by atoms with van der Waals surface area (Å²) in [5.74, 6) is 0.165. The van der Waals surface area contributed by atoms with Crippen molar-refractivity contribution in [1.82, 2.24) is 9.80 Å². The smallest absolute Gasteiger partial charge is 0.177 e. The van der Waals surface area contributed by atoms with E-state index in [1.807, 2.05) is 12.1 Å². The van der Waals surface area contributed by atoms with Gasteiger partial charge in [-0.05, 0) is 64.6 Å². The average Bonchev–Trinajstić information content (AvgIpc) is 3.23. The van der Waals surface area contributed by atoms with Crippen molar-refractivity contribution in [2.24, 2.45) is 0 Å². The van der Waals surface area contributed by atoms with Gasteiger partial charge in [-0.3, -0.25) is 19.4 Å². The Morgan fingerprint density at radius 3 is 1.04 bits per heavy atom. The predicted octanol–water partition coefficient (Wildman–Crippen LogP) is 8.23. The molecule has 0 atom stereocenters. The summed E-state index contributed by atoms with van der Waals surface area (Å²) < 4.78 is 23.9. The summed E-state index contributed by atoms with van der Waals surface area (Å²) in [5, 5.41) is 13.7. The van der Waals surface area contributed by atoms with Crippen LogP contribution < -0.4 is 0 Å². The summed E-state index contributed by atoms with van der Waals surface area (Å²) in [7, 11) is 0. The van der Waals surface area contributed by atoms with E-state index in [0.717, 1.165) is 43.4 Å². The van der Waals surface area contributed by atoms with Gasteiger partial charge in [-0.2, -0.15) is 0 Å². The Labute approximate surface area is 326 Å². The molecule has 1 heterocycles. The molecule has 0 spiro atoms. The lowest BCUT2D eigenvalue weighted by Gasteiger charge is -2.23. The number of nitrogens with zero attached hydrogens (tertiary/aromatic N) is 2.